The first kappa shape index (κ1) is 17.4. The van der Waals surface area contributed by atoms with Crippen LogP contribution in [0, 0.1) is 6.92 Å². The highest BCUT2D eigenvalue weighted by Crippen LogP contribution is 2.18. The summed E-state index contributed by atoms with van der Waals surface area (Å²) in [6.07, 6.45) is 1.65. The Hall–Kier alpha value is -3.47. The molecule has 26 heavy (non-hydrogen) atoms. The van der Waals surface area contributed by atoms with Gasteiger partial charge in [-0.05, 0) is 61.9 Å². The summed E-state index contributed by atoms with van der Waals surface area (Å²) in [5, 5.41) is 6.00. The number of aryl methyl sites for hydroxylation is 1. The van der Waals surface area contributed by atoms with Crippen LogP contribution >= 0.6 is 0 Å². The third-order valence-electron chi connectivity index (χ3n) is 3.97. The van der Waals surface area contributed by atoms with Crippen LogP contribution in [0.2, 0.25) is 0 Å². The van der Waals surface area contributed by atoms with E-state index in [0.29, 0.717) is 16.9 Å². The number of nitrogens with zero attached hydrogens (tertiary/aromatic N) is 1. The van der Waals surface area contributed by atoms with Gasteiger partial charge in [-0.15, -0.1) is 0 Å². The first-order valence-electron chi connectivity index (χ1n) is 8.24. The molecule has 2 N–H and O–H groups in total. The lowest BCUT2D eigenvalue weighted by atomic mass is 10.1. The number of anilines is 3. The van der Waals surface area contributed by atoms with Crippen molar-refractivity contribution in [3.63, 3.8) is 0 Å². The Kier molecular flexibility index (Phi) is 5.08. The Balaban J connectivity index is 1.66. The van der Waals surface area contributed by atoms with Crippen LogP contribution in [0.1, 0.15) is 33.2 Å². The molecule has 2 aromatic carbocycles. The van der Waals surface area contributed by atoms with E-state index in [9.17, 15) is 9.59 Å². The van der Waals surface area contributed by atoms with E-state index in [2.05, 4.69) is 15.6 Å². The molecule has 1 aromatic heterocycles. The van der Waals surface area contributed by atoms with Gasteiger partial charge in [0.15, 0.2) is 5.78 Å². The number of carbonyl (C=O) groups is 2. The quantitative estimate of drug-likeness (QED) is 0.664. The third kappa shape index (κ3) is 4.13. The standard InChI is InChI=1S/C21H19N3O2/c1-14-5-3-4-6-19(14)21(26)24-20-12-11-18(13-22-20)23-17-9-7-16(8-10-17)15(2)25/h3-13,23H,1-2H3,(H,22,24,26). The van der Waals surface area contributed by atoms with Crippen molar-refractivity contribution in [3.8, 4) is 0 Å². The van der Waals surface area contributed by atoms with Crippen molar-refractivity contribution in [1.82, 2.24) is 4.98 Å². The van der Waals surface area contributed by atoms with E-state index in [1.165, 1.54) is 6.92 Å². The van der Waals surface area contributed by atoms with Crippen LogP contribution in [-0.2, 0) is 0 Å². The largest absolute Gasteiger partial charge is 0.354 e. The molecule has 1 heterocycles. The minimum Gasteiger partial charge on any atom is -0.354 e. The third-order valence-corrected chi connectivity index (χ3v) is 3.97. The maximum atomic E-state index is 12.3. The van der Waals surface area contributed by atoms with E-state index in [1.807, 2.05) is 43.3 Å². The van der Waals surface area contributed by atoms with Gasteiger partial charge in [-0.25, -0.2) is 4.98 Å². The average molecular weight is 345 g/mol. The van der Waals surface area contributed by atoms with Gasteiger partial charge in [0.05, 0.1) is 11.9 Å². The Labute approximate surface area is 152 Å². The molecule has 0 aliphatic carbocycles. The highest BCUT2D eigenvalue weighted by atomic mass is 16.1. The molecule has 5 nitrogen and oxygen atoms in total. The second-order valence-corrected chi connectivity index (χ2v) is 5.96. The van der Waals surface area contributed by atoms with Crippen molar-refractivity contribution in [2.45, 2.75) is 13.8 Å². The van der Waals surface area contributed by atoms with Gasteiger partial charge in [0, 0.05) is 16.8 Å². The lowest BCUT2D eigenvalue weighted by Gasteiger charge is -2.09. The van der Waals surface area contributed by atoms with Crippen LogP contribution in [0.15, 0.2) is 66.9 Å². The van der Waals surface area contributed by atoms with Gasteiger partial charge >= 0.3 is 0 Å². The smallest absolute Gasteiger partial charge is 0.257 e. The first-order chi connectivity index (χ1) is 12.5. The minimum atomic E-state index is -0.184. The molecule has 1 amide bonds. The first-order valence-corrected chi connectivity index (χ1v) is 8.24. The molecule has 0 saturated carbocycles. The van der Waals surface area contributed by atoms with Gasteiger partial charge in [-0.2, -0.15) is 0 Å². The van der Waals surface area contributed by atoms with Crippen LogP contribution in [0.3, 0.4) is 0 Å². The van der Waals surface area contributed by atoms with Crippen molar-refractivity contribution in [2.75, 3.05) is 10.6 Å². The zero-order valence-corrected chi connectivity index (χ0v) is 14.6. The van der Waals surface area contributed by atoms with Gasteiger partial charge in [0.2, 0.25) is 0 Å². The fourth-order valence-corrected chi connectivity index (χ4v) is 2.51. The molecule has 0 saturated heterocycles. The van der Waals surface area contributed by atoms with E-state index in [0.717, 1.165) is 16.9 Å². The van der Waals surface area contributed by atoms with Gasteiger partial charge in [0.1, 0.15) is 5.82 Å². The van der Waals surface area contributed by atoms with Crippen LogP contribution in [0.25, 0.3) is 0 Å². The number of rotatable bonds is 5. The van der Waals surface area contributed by atoms with Gasteiger partial charge in [0.25, 0.3) is 5.91 Å². The maximum absolute atomic E-state index is 12.3. The molecule has 0 bridgehead atoms. The maximum Gasteiger partial charge on any atom is 0.257 e. The second kappa shape index (κ2) is 7.61. The topological polar surface area (TPSA) is 71.1 Å². The fraction of sp³-hybridized carbons (Fsp3) is 0.0952. The highest BCUT2D eigenvalue weighted by molar-refractivity contribution is 6.04. The number of hydrogen-bond donors (Lipinski definition) is 2. The van der Waals surface area contributed by atoms with Gasteiger partial charge in [-0.1, -0.05) is 18.2 Å². The number of pyridine rings is 1. The Morgan fingerprint density at radius 1 is 0.885 bits per heavy atom. The zero-order chi connectivity index (χ0) is 18.5. The van der Waals surface area contributed by atoms with E-state index >= 15 is 0 Å². The monoisotopic (exact) mass is 345 g/mol. The Bertz CT molecular complexity index is 932. The van der Waals surface area contributed by atoms with Crippen molar-refractivity contribution in [1.29, 1.82) is 0 Å². The zero-order valence-electron chi connectivity index (χ0n) is 14.6. The summed E-state index contributed by atoms with van der Waals surface area (Å²) >= 11 is 0. The summed E-state index contributed by atoms with van der Waals surface area (Å²) < 4.78 is 0. The van der Waals surface area contributed by atoms with E-state index < -0.39 is 0 Å². The molecule has 0 radical (unpaired) electrons. The number of hydrogen-bond acceptors (Lipinski definition) is 4. The predicted octanol–water partition coefficient (Wildman–Crippen LogP) is 4.59. The number of ketones is 1. The van der Waals surface area contributed by atoms with Crippen LogP contribution in [-0.4, -0.2) is 16.7 Å². The molecule has 0 unspecified atom stereocenters. The summed E-state index contributed by atoms with van der Waals surface area (Å²) in [4.78, 5) is 27.9. The number of amides is 1. The Morgan fingerprint density at radius 3 is 2.19 bits per heavy atom. The molecule has 0 fully saturated rings. The van der Waals surface area contributed by atoms with Gasteiger partial charge in [-0.3, -0.25) is 9.59 Å². The predicted molar refractivity (Wildman–Crippen MR) is 103 cm³/mol. The van der Waals surface area contributed by atoms with Crippen molar-refractivity contribution in [3.05, 3.63) is 83.6 Å². The molecule has 3 rings (SSSR count). The molecular weight excluding hydrogens is 326 g/mol. The lowest BCUT2D eigenvalue weighted by Crippen LogP contribution is -2.14. The Morgan fingerprint density at radius 2 is 1.58 bits per heavy atom. The van der Waals surface area contributed by atoms with Crippen LogP contribution in [0.4, 0.5) is 17.2 Å². The summed E-state index contributed by atoms with van der Waals surface area (Å²) in [6, 6.07) is 18.2. The lowest BCUT2D eigenvalue weighted by molar-refractivity contribution is 0.101. The van der Waals surface area contributed by atoms with E-state index in [4.69, 9.17) is 0 Å². The number of carbonyl (C=O) groups excluding carboxylic acids is 2. The summed E-state index contributed by atoms with van der Waals surface area (Å²) in [5.41, 5.74) is 3.85. The van der Waals surface area contributed by atoms with Crippen molar-refractivity contribution >= 4 is 28.9 Å². The fourth-order valence-electron chi connectivity index (χ4n) is 2.51. The average Bonchev–Trinajstić information content (AvgIpc) is 2.64. The number of nitrogens with one attached hydrogen (secondary N) is 2. The molecule has 3 aromatic rings. The molecule has 130 valence electrons. The van der Waals surface area contributed by atoms with Crippen LogP contribution < -0.4 is 10.6 Å². The second-order valence-electron chi connectivity index (χ2n) is 5.96. The molecule has 5 heteroatoms. The van der Waals surface area contributed by atoms with Crippen LogP contribution in [0.5, 0.6) is 0 Å². The molecule has 0 aliphatic rings. The summed E-state index contributed by atoms with van der Waals surface area (Å²) in [6.45, 7) is 3.43. The van der Waals surface area contributed by atoms with E-state index in [-0.39, 0.29) is 11.7 Å². The molecule has 0 spiro atoms. The summed E-state index contributed by atoms with van der Waals surface area (Å²) in [7, 11) is 0. The van der Waals surface area contributed by atoms with Crippen molar-refractivity contribution in [2.24, 2.45) is 0 Å². The van der Waals surface area contributed by atoms with Gasteiger partial charge < -0.3 is 10.6 Å². The normalized spacial score (nSPS) is 10.2. The summed E-state index contributed by atoms with van der Waals surface area (Å²) in [5.74, 6) is 0.332. The number of Topliss-reactive ketones (excluding diaryl/α,β-unsaturated/α-hetero) is 1. The minimum absolute atomic E-state index is 0.0342. The van der Waals surface area contributed by atoms with Crippen molar-refractivity contribution < 1.29 is 9.59 Å². The SMILES string of the molecule is CC(=O)c1ccc(Nc2ccc(NC(=O)c3ccccc3C)nc2)cc1. The number of benzene rings is 2. The molecule has 0 aliphatic heterocycles. The highest BCUT2D eigenvalue weighted by Gasteiger charge is 2.09. The molecular formula is C21H19N3O2. The molecule has 0 atom stereocenters. The number of aromatic nitrogens is 1. The van der Waals surface area contributed by atoms with E-state index in [1.54, 1.807) is 30.5 Å².